The Kier molecular flexibility index (Phi) is 22.5. The second-order valence-electron chi connectivity index (χ2n) is 20.7. The average Bonchev–Trinajstić information content (AvgIpc) is 4.01. The molecule has 0 aliphatic carbocycles. The Morgan fingerprint density at radius 2 is 1.56 bits per heavy atom. The normalized spacial score (nSPS) is 18.0. The fraction of sp³-hybridized carbons (Fsp3) is 0.673. The average molecular weight is 1040 g/mol. The van der Waals surface area contributed by atoms with Crippen LogP contribution in [-0.2, 0) is 33.4 Å². The zero-order chi connectivity index (χ0) is 53.8. The number of carboxylic acids is 1. The molecular weight excluding hydrogens is 963 g/mol. The number of aromatic amines is 1. The van der Waals surface area contributed by atoms with E-state index in [2.05, 4.69) is 19.9 Å². The number of methoxy groups -OCH3 is 2. The van der Waals surface area contributed by atoms with Gasteiger partial charge in [-0.15, -0.1) is 0 Å². The molecule has 2 aromatic heterocycles. The molecule has 3 aromatic rings. The summed E-state index contributed by atoms with van der Waals surface area (Å²) in [5, 5.41) is 20.9. The maximum atomic E-state index is 14.7. The van der Waals surface area contributed by atoms with E-state index in [1.807, 2.05) is 99.6 Å². The lowest BCUT2D eigenvalue weighted by Gasteiger charge is -2.41. The van der Waals surface area contributed by atoms with E-state index in [9.17, 15) is 39.0 Å². The summed E-state index contributed by atoms with van der Waals surface area (Å²) in [6.07, 6.45) is 0.410. The molecule has 0 bridgehead atoms. The molecule has 20 heteroatoms. The Morgan fingerprint density at radius 3 is 2.14 bits per heavy atom. The van der Waals surface area contributed by atoms with Crippen LogP contribution in [0.2, 0.25) is 0 Å². The molecule has 1 aliphatic heterocycles. The van der Waals surface area contributed by atoms with Gasteiger partial charge in [-0.1, -0.05) is 103 Å². The summed E-state index contributed by atoms with van der Waals surface area (Å²) in [5.74, 6) is -4.30. The van der Waals surface area contributed by atoms with Crippen molar-refractivity contribution in [1.29, 1.82) is 0 Å². The van der Waals surface area contributed by atoms with Crippen LogP contribution in [0.1, 0.15) is 130 Å². The first-order chi connectivity index (χ1) is 33.9. The molecule has 18 nitrogen and oxygen atoms in total. The van der Waals surface area contributed by atoms with E-state index in [-0.39, 0.29) is 95.8 Å². The van der Waals surface area contributed by atoms with Crippen molar-refractivity contribution in [2.75, 3.05) is 41.5 Å². The molecule has 10 atom stereocenters. The number of ketones is 2. The zero-order valence-corrected chi connectivity index (χ0v) is 46.3. The predicted molar refractivity (Wildman–Crippen MR) is 278 cm³/mol. The monoisotopic (exact) mass is 1040 g/mol. The first-order valence-corrected chi connectivity index (χ1v) is 27.1. The number of ether oxygens (including phenoxy) is 3. The lowest BCUT2D eigenvalue weighted by atomic mass is 9.83. The fourth-order valence-corrected chi connectivity index (χ4v) is 11.8. The van der Waals surface area contributed by atoms with Gasteiger partial charge in [0, 0.05) is 59.5 Å². The highest BCUT2D eigenvalue weighted by Gasteiger charge is 2.44. The molecule has 1 fully saturated rings. The minimum absolute atomic E-state index is 0.0248. The van der Waals surface area contributed by atoms with E-state index in [1.54, 1.807) is 24.0 Å². The van der Waals surface area contributed by atoms with Crippen LogP contribution in [0.3, 0.4) is 0 Å². The molecule has 3 amide bonds. The third kappa shape index (κ3) is 15.2. The summed E-state index contributed by atoms with van der Waals surface area (Å²) in [6, 6.07) is 7.47. The number of hydrogen-bond acceptors (Lipinski definition) is 15. The lowest BCUT2D eigenvalue weighted by molar-refractivity contribution is -0.149. The molecule has 72 heavy (non-hydrogen) atoms. The largest absolute Gasteiger partial charge is 0.476 e. The molecule has 1 aliphatic rings. The van der Waals surface area contributed by atoms with Crippen molar-refractivity contribution in [3.8, 4) is 0 Å². The van der Waals surface area contributed by atoms with Gasteiger partial charge in [0.05, 0.1) is 47.6 Å². The van der Waals surface area contributed by atoms with Crippen molar-refractivity contribution in [3.05, 3.63) is 47.9 Å². The van der Waals surface area contributed by atoms with Crippen molar-refractivity contribution >= 4 is 68.2 Å². The van der Waals surface area contributed by atoms with E-state index in [0.717, 1.165) is 18.3 Å². The van der Waals surface area contributed by atoms with Crippen LogP contribution in [0.25, 0.3) is 11.2 Å². The summed E-state index contributed by atoms with van der Waals surface area (Å²) in [7, 11) is 8.90. The Balaban J connectivity index is 1.42. The number of nitrogens with zero attached hydrogens (tertiary/aromatic N) is 6. The number of nitrogens with one attached hydrogen (secondary N) is 1. The second kappa shape index (κ2) is 27.1. The van der Waals surface area contributed by atoms with E-state index < -0.39 is 59.0 Å². The summed E-state index contributed by atoms with van der Waals surface area (Å²) < 4.78 is 17.2. The van der Waals surface area contributed by atoms with Crippen LogP contribution in [0, 0.1) is 35.5 Å². The molecule has 1 aromatic carbocycles. The molecule has 0 unspecified atom stereocenters. The summed E-state index contributed by atoms with van der Waals surface area (Å²) in [4.78, 5) is 102. The highest BCUT2D eigenvalue weighted by Crippen LogP contribution is 2.41. The first-order valence-electron chi connectivity index (χ1n) is 25.0. The molecule has 1 saturated heterocycles. The van der Waals surface area contributed by atoms with E-state index >= 15 is 0 Å². The number of carbonyl (C=O) groups is 6. The molecular formula is C52H79N7O11S2. The van der Waals surface area contributed by atoms with Gasteiger partial charge in [-0.25, -0.2) is 24.5 Å². The molecule has 0 saturated carbocycles. The molecule has 0 radical (unpaired) electrons. The number of aromatic carboxylic acids is 1. The van der Waals surface area contributed by atoms with E-state index in [0.29, 0.717) is 24.5 Å². The van der Waals surface area contributed by atoms with Gasteiger partial charge in [-0.05, 0) is 66.7 Å². The molecule has 4 rings (SSSR count). The van der Waals surface area contributed by atoms with E-state index in [1.165, 1.54) is 40.6 Å². The minimum Gasteiger partial charge on any atom is -0.476 e. The van der Waals surface area contributed by atoms with Gasteiger partial charge in [0.15, 0.2) is 22.3 Å². The Labute approximate surface area is 433 Å². The number of aromatic nitrogens is 4. The first kappa shape index (κ1) is 59.9. The summed E-state index contributed by atoms with van der Waals surface area (Å²) in [5.41, 5.74) is 0.966. The SMILES string of the molecule is CC[C@H](C)[C@@H]([C@@H](CC(=O)N1CCC[C@H]1[C@H](OC)[C@@H](C)C(=O)C[C@H](C)[C@@H](O)c1ccccc1)OC)N(C)C(=O)[C@@H](CC(=O)[C@H](C(C)C)N(C)C(=O)OCC(C)(C)SSc1nc2ncnc(C(=O)O)c2[nH]1)C(C)C. The van der Waals surface area contributed by atoms with Gasteiger partial charge in [-0.2, -0.15) is 0 Å². The summed E-state index contributed by atoms with van der Waals surface area (Å²) >= 11 is 0. The van der Waals surface area contributed by atoms with Gasteiger partial charge in [-0.3, -0.25) is 19.2 Å². The van der Waals surface area contributed by atoms with Gasteiger partial charge in [0.25, 0.3) is 0 Å². The molecule has 0 spiro atoms. The zero-order valence-electron chi connectivity index (χ0n) is 44.6. The number of likely N-dealkylation sites (tertiary alicyclic amines) is 1. The van der Waals surface area contributed by atoms with Crippen molar-refractivity contribution in [1.82, 2.24) is 34.6 Å². The Morgan fingerprint density at radius 1 is 0.889 bits per heavy atom. The smallest absolute Gasteiger partial charge is 0.410 e. The van der Waals surface area contributed by atoms with Gasteiger partial charge < -0.3 is 44.1 Å². The maximum absolute atomic E-state index is 14.7. The van der Waals surface area contributed by atoms with Crippen LogP contribution in [0.15, 0.2) is 41.8 Å². The van der Waals surface area contributed by atoms with Crippen LogP contribution < -0.4 is 0 Å². The minimum atomic E-state index is -1.21. The number of rotatable bonds is 28. The Bertz CT molecular complexity index is 2300. The lowest BCUT2D eigenvalue weighted by Crippen LogP contribution is -2.54. The number of hydrogen-bond donors (Lipinski definition) is 3. The van der Waals surface area contributed by atoms with Crippen molar-refractivity contribution in [2.45, 2.75) is 154 Å². The number of carbonyl (C=O) groups excluding carboxylic acids is 5. The molecule has 3 heterocycles. The van der Waals surface area contributed by atoms with Crippen LogP contribution in [0.5, 0.6) is 0 Å². The maximum Gasteiger partial charge on any atom is 0.410 e. The number of likely N-dealkylation sites (N-methyl/N-ethyl adjacent to an activating group) is 2. The highest BCUT2D eigenvalue weighted by molar-refractivity contribution is 8.77. The summed E-state index contributed by atoms with van der Waals surface area (Å²) in [6.45, 7) is 19.4. The number of fused-ring (bicyclic) bond motifs is 1. The van der Waals surface area contributed by atoms with Crippen LogP contribution in [-0.4, -0.2) is 157 Å². The number of imidazole rings is 1. The van der Waals surface area contributed by atoms with Gasteiger partial charge in [0.1, 0.15) is 24.2 Å². The third-order valence-electron chi connectivity index (χ3n) is 14.1. The number of amides is 3. The molecule has 3 N–H and O–H groups in total. The van der Waals surface area contributed by atoms with Crippen molar-refractivity contribution in [2.24, 2.45) is 35.5 Å². The molecule has 400 valence electrons. The van der Waals surface area contributed by atoms with E-state index in [4.69, 9.17) is 14.2 Å². The van der Waals surface area contributed by atoms with Gasteiger partial charge in [0.2, 0.25) is 11.8 Å². The van der Waals surface area contributed by atoms with Gasteiger partial charge >= 0.3 is 12.1 Å². The number of carboxylic acid groups (broad SMARTS) is 1. The Hall–Kier alpha value is -4.63. The van der Waals surface area contributed by atoms with Crippen molar-refractivity contribution in [3.63, 3.8) is 0 Å². The van der Waals surface area contributed by atoms with Crippen molar-refractivity contribution < 1.29 is 53.2 Å². The number of aliphatic hydroxyl groups excluding tert-OH is 1. The third-order valence-corrected chi connectivity index (χ3v) is 17.2. The fourth-order valence-electron chi connectivity index (χ4n) is 9.81. The topological polar surface area (TPSA) is 235 Å². The number of H-pyrrole nitrogens is 1. The van der Waals surface area contributed by atoms with Crippen LogP contribution >= 0.6 is 21.6 Å². The standard InChI is InChI=1S/C52H79N7O11S2/c1-15-31(6)44(39(68-13)26-40(62)59-23-19-22-36(59)46(69-14)33(8)37(60)24-32(7)45(63)34-20-17-16-18-21-34)57(11)48(64)35(29(2)3)25-38(61)43(30(4)5)58(12)51(67)70-27-52(9,10)72-71-50-55-41-42(49(65)66)53-28-54-47(41)56-50/h16-18,20-21,28-33,35-36,39,43-46,63H,15,19,22-27H2,1-14H3,(H,65,66)(H,53,54,55,56)/t31-,32-,33-,35-,36-,39+,43-,44-,45+,46+/m0/s1. The quantitative estimate of drug-likeness (QED) is 0.0582. The van der Waals surface area contributed by atoms with Crippen LogP contribution in [0.4, 0.5) is 4.79 Å². The second-order valence-corrected chi connectivity index (χ2v) is 23.5. The highest BCUT2D eigenvalue weighted by atomic mass is 33.1. The number of aliphatic hydroxyl groups is 1. The predicted octanol–water partition coefficient (Wildman–Crippen LogP) is 8.14. The number of Topliss-reactive ketones (excluding diaryl/α,β-unsaturated/α-hetero) is 2. The number of benzene rings is 1.